The van der Waals surface area contributed by atoms with E-state index in [1.807, 2.05) is 13.0 Å². The van der Waals surface area contributed by atoms with Crippen LogP contribution in [0.25, 0.3) is 0 Å². The van der Waals surface area contributed by atoms with E-state index in [1.165, 1.54) is 25.7 Å². The SMILES string of the molecule is Cc1cc(NC2CCCC2)nc(NCCC(C)C)n1. The van der Waals surface area contributed by atoms with Gasteiger partial charge in [0.1, 0.15) is 5.82 Å². The van der Waals surface area contributed by atoms with Gasteiger partial charge >= 0.3 is 0 Å². The summed E-state index contributed by atoms with van der Waals surface area (Å²) >= 11 is 0. The van der Waals surface area contributed by atoms with Crippen LogP contribution in [0.1, 0.15) is 51.6 Å². The molecule has 0 unspecified atom stereocenters. The van der Waals surface area contributed by atoms with Crippen LogP contribution in [0.2, 0.25) is 0 Å². The zero-order valence-corrected chi connectivity index (χ0v) is 12.4. The molecule has 1 aromatic heterocycles. The van der Waals surface area contributed by atoms with Crippen molar-refractivity contribution in [2.45, 2.75) is 58.9 Å². The Kier molecular flexibility index (Phi) is 5.00. The zero-order chi connectivity index (χ0) is 13.7. The molecule has 1 aliphatic rings. The number of hydrogen-bond donors (Lipinski definition) is 2. The Balaban J connectivity index is 1.93. The van der Waals surface area contributed by atoms with Gasteiger partial charge in [0.2, 0.25) is 5.95 Å². The first-order valence-corrected chi connectivity index (χ1v) is 7.49. The van der Waals surface area contributed by atoms with E-state index in [2.05, 4.69) is 34.4 Å². The van der Waals surface area contributed by atoms with Gasteiger partial charge < -0.3 is 10.6 Å². The second-order valence-electron chi connectivity index (χ2n) is 5.95. The normalized spacial score (nSPS) is 16.0. The van der Waals surface area contributed by atoms with Gasteiger partial charge in [-0.15, -0.1) is 0 Å². The van der Waals surface area contributed by atoms with Crippen LogP contribution in [0.3, 0.4) is 0 Å². The average Bonchev–Trinajstić information content (AvgIpc) is 2.80. The molecule has 0 atom stereocenters. The fourth-order valence-electron chi connectivity index (χ4n) is 2.47. The highest BCUT2D eigenvalue weighted by Crippen LogP contribution is 2.22. The number of nitrogens with zero attached hydrogens (tertiary/aromatic N) is 2. The lowest BCUT2D eigenvalue weighted by atomic mass is 10.1. The number of aromatic nitrogens is 2. The number of nitrogens with one attached hydrogen (secondary N) is 2. The Bertz CT molecular complexity index is 397. The van der Waals surface area contributed by atoms with E-state index in [0.717, 1.165) is 30.4 Å². The Morgan fingerprint density at radius 1 is 1.26 bits per heavy atom. The van der Waals surface area contributed by atoms with E-state index in [0.29, 0.717) is 12.0 Å². The highest BCUT2D eigenvalue weighted by Gasteiger charge is 2.15. The van der Waals surface area contributed by atoms with Crippen LogP contribution < -0.4 is 10.6 Å². The van der Waals surface area contributed by atoms with Gasteiger partial charge in [0.15, 0.2) is 0 Å². The fraction of sp³-hybridized carbons (Fsp3) is 0.733. The summed E-state index contributed by atoms with van der Waals surface area (Å²) in [7, 11) is 0. The Morgan fingerprint density at radius 3 is 2.68 bits per heavy atom. The maximum atomic E-state index is 4.56. The van der Waals surface area contributed by atoms with Crippen molar-refractivity contribution in [2.75, 3.05) is 17.2 Å². The first kappa shape index (κ1) is 14.1. The molecule has 1 aromatic rings. The molecule has 2 N–H and O–H groups in total. The summed E-state index contributed by atoms with van der Waals surface area (Å²) in [5, 5.41) is 6.85. The molecular formula is C15H26N4. The third-order valence-corrected chi connectivity index (χ3v) is 3.57. The second kappa shape index (κ2) is 6.73. The fourth-order valence-corrected chi connectivity index (χ4v) is 2.47. The van der Waals surface area contributed by atoms with Crippen LogP contribution in [-0.2, 0) is 0 Å². The van der Waals surface area contributed by atoms with Gasteiger partial charge in [-0.3, -0.25) is 0 Å². The summed E-state index contributed by atoms with van der Waals surface area (Å²) in [5.74, 6) is 2.42. The Hall–Kier alpha value is -1.32. The highest BCUT2D eigenvalue weighted by molar-refractivity contribution is 5.43. The van der Waals surface area contributed by atoms with Crippen molar-refractivity contribution < 1.29 is 0 Å². The molecule has 1 saturated carbocycles. The van der Waals surface area contributed by atoms with Crippen molar-refractivity contribution in [1.82, 2.24) is 9.97 Å². The van der Waals surface area contributed by atoms with Crippen LogP contribution in [0.5, 0.6) is 0 Å². The molecule has 1 fully saturated rings. The predicted molar refractivity (Wildman–Crippen MR) is 80.6 cm³/mol. The predicted octanol–water partition coefficient (Wildman–Crippen LogP) is 3.60. The van der Waals surface area contributed by atoms with E-state index < -0.39 is 0 Å². The second-order valence-corrected chi connectivity index (χ2v) is 5.95. The standard InChI is InChI=1S/C15H26N4/c1-11(2)8-9-16-15-17-12(3)10-14(19-15)18-13-6-4-5-7-13/h10-11,13H,4-9H2,1-3H3,(H2,16,17,18,19). The first-order chi connectivity index (χ1) is 9.13. The van der Waals surface area contributed by atoms with Crippen molar-refractivity contribution in [3.8, 4) is 0 Å². The van der Waals surface area contributed by atoms with Crippen molar-refractivity contribution in [1.29, 1.82) is 0 Å². The number of rotatable bonds is 6. The largest absolute Gasteiger partial charge is 0.367 e. The van der Waals surface area contributed by atoms with Crippen LogP contribution in [0, 0.1) is 12.8 Å². The van der Waals surface area contributed by atoms with E-state index >= 15 is 0 Å². The number of hydrogen-bond acceptors (Lipinski definition) is 4. The molecule has 0 aromatic carbocycles. The molecule has 4 nitrogen and oxygen atoms in total. The van der Waals surface area contributed by atoms with Crippen LogP contribution in [0.15, 0.2) is 6.07 Å². The van der Waals surface area contributed by atoms with E-state index in [-0.39, 0.29) is 0 Å². The lowest BCUT2D eigenvalue weighted by Crippen LogP contribution is -2.17. The van der Waals surface area contributed by atoms with Crippen LogP contribution >= 0.6 is 0 Å². The van der Waals surface area contributed by atoms with Gasteiger partial charge in [-0.05, 0) is 32.1 Å². The summed E-state index contributed by atoms with van der Waals surface area (Å²) in [5.41, 5.74) is 1.02. The van der Waals surface area contributed by atoms with Gasteiger partial charge in [-0.25, -0.2) is 4.98 Å². The topological polar surface area (TPSA) is 49.8 Å². The summed E-state index contributed by atoms with van der Waals surface area (Å²) in [4.78, 5) is 9.00. The molecule has 0 radical (unpaired) electrons. The summed E-state index contributed by atoms with van der Waals surface area (Å²) in [6, 6.07) is 2.63. The average molecular weight is 262 g/mol. The minimum atomic E-state index is 0.595. The summed E-state index contributed by atoms with van der Waals surface area (Å²) in [6.45, 7) is 7.41. The summed E-state index contributed by atoms with van der Waals surface area (Å²) in [6.07, 6.45) is 6.34. The smallest absolute Gasteiger partial charge is 0.224 e. The molecule has 1 heterocycles. The zero-order valence-electron chi connectivity index (χ0n) is 12.4. The molecule has 1 aliphatic carbocycles. The molecule has 0 bridgehead atoms. The third kappa shape index (κ3) is 4.69. The molecule has 106 valence electrons. The van der Waals surface area contributed by atoms with E-state index in [4.69, 9.17) is 0 Å². The van der Waals surface area contributed by atoms with Crippen molar-refractivity contribution in [3.63, 3.8) is 0 Å². The molecular weight excluding hydrogens is 236 g/mol. The lowest BCUT2D eigenvalue weighted by Gasteiger charge is -2.14. The molecule has 2 rings (SSSR count). The maximum Gasteiger partial charge on any atom is 0.224 e. The van der Waals surface area contributed by atoms with Gasteiger partial charge in [-0.1, -0.05) is 26.7 Å². The number of aryl methyl sites for hydroxylation is 1. The molecule has 0 aliphatic heterocycles. The first-order valence-electron chi connectivity index (χ1n) is 7.49. The summed E-state index contributed by atoms with van der Waals surface area (Å²) < 4.78 is 0. The quantitative estimate of drug-likeness (QED) is 0.822. The van der Waals surface area contributed by atoms with Gasteiger partial charge in [0.05, 0.1) is 0 Å². The monoisotopic (exact) mass is 262 g/mol. The molecule has 4 heteroatoms. The van der Waals surface area contributed by atoms with E-state index in [9.17, 15) is 0 Å². The van der Waals surface area contributed by atoms with Crippen LogP contribution in [0.4, 0.5) is 11.8 Å². The van der Waals surface area contributed by atoms with Crippen LogP contribution in [-0.4, -0.2) is 22.6 Å². The minimum absolute atomic E-state index is 0.595. The molecule has 0 saturated heterocycles. The lowest BCUT2D eigenvalue weighted by molar-refractivity contribution is 0.606. The minimum Gasteiger partial charge on any atom is -0.367 e. The Labute approximate surface area is 116 Å². The highest BCUT2D eigenvalue weighted by atomic mass is 15.1. The Morgan fingerprint density at radius 2 is 2.00 bits per heavy atom. The number of anilines is 2. The third-order valence-electron chi connectivity index (χ3n) is 3.57. The van der Waals surface area contributed by atoms with E-state index in [1.54, 1.807) is 0 Å². The van der Waals surface area contributed by atoms with Gasteiger partial charge in [-0.2, -0.15) is 4.98 Å². The van der Waals surface area contributed by atoms with Crippen molar-refractivity contribution in [3.05, 3.63) is 11.8 Å². The maximum absolute atomic E-state index is 4.56. The van der Waals surface area contributed by atoms with Crippen molar-refractivity contribution >= 4 is 11.8 Å². The molecule has 0 spiro atoms. The van der Waals surface area contributed by atoms with Gasteiger partial charge in [0, 0.05) is 24.3 Å². The molecule has 0 amide bonds. The molecule has 19 heavy (non-hydrogen) atoms. The van der Waals surface area contributed by atoms with Crippen molar-refractivity contribution in [2.24, 2.45) is 5.92 Å². The van der Waals surface area contributed by atoms with Gasteiger partial charge in [0.25, 0.3) is 0 Å².